The molecule has 0 unspecified atom stereocenters. The fourth-order valence-electron chi connectivity index (χ4n) is 1.99. The second kappa shape index (κ2) is 8.69. The van der Waals surface area contributed by atoms with Gasteiger partial charge in [0.2, 0.25) is 5.84 Å². The molecule has 3 aromatic rings. The summed E-state index contributed by atoms with van der Waals surface area (Å²) >= 11 is 6.83. The Hall–Kier alpha value is -2.31. The third kappa shape index (κ3) is 5.34. The summed E-state index contributed by atoms with van der Waals surface area (Å²) in [4.78, 5) is 0. The first-order valence-corrected chi connectivity index (χ1v) is 9.11. The van der Waals surface area contributed by atoms with Crippen molar-refractivity contribution in [1.29, 1.82) is 0 Å². The highest BCUT2D eigenvalue weighted by Crippen LogP contribution is 2.18. The van der Waals surface area contributed by atoms with Gasteiger partial charge in [0, 0.05) is 14.5 Å². The monoisotopic (exact) mass is 456 g/mol. The van der Waals surface area contributed by atoms with Crippen molar-refractivity contribution < 1.29 is 0 Å². The van der Waals surface area contributed by atoms with Gasteiger partial charge in [-0.15, -0.1) is 10.2 Å². The van der Waals surface area contributed by atoms with E-state index in [1.807, 2.05) is 78.9 Å². The number of benzene rings is 3. The molecule has 0 heterocycles. The van der Waals surface area contributed by atoms with Crippen LogP contribution in [0.4, 0.5) is 11.4 Å². The first-order chi connectivity index (χ1) is 12.2. The molecule has 0 amide bonds. The van der Waals surface area contributed by atoms with Crippen molar-refractivity contribution in [2.24, 2.45) is 15.3 Å². The Kier molecular flexibility index (Phi) is 6.09. The van der Waals surface area contributed by atoms with E-state index in [0.717, 1.165) is 25.9 Å². The number of azo groups is 1. The number of amidine groups is 1. The summed E-state index contributed by atoms with van der Waals surface area (Å²) in [7, 11) is 0. The molecule has 0 bridgehead atoms. The standard InChI is InChI=1S/C19H14Br2N4/c20-15-6-10-17(11-7-15)22-24-19(14-4-2-1-3-5-14)25-23-18-12-8-16(21)9-13-18/h1-13,22H/b24-19+,25-23?. The number of halogens is 2. The SMILES string of the molecule is Brc1ccc(N=N/C(=N/Nc2ccc(Br)cc2)c2ccccc2)cc1. The maximum Gasteiger partial charge on any atom is 0.201 e. The molecule has 124 valence electrons. The average Bonchev–Trinajstić information content (AvgIpc) is 2.65. The lowest BCUT2D eigenvalue weighted by molar-refractivity contribution is 1.22. The van der Waals surface area contributed by atoms with Crippen LogP contribution in [0.3, 0.4) is 0 Å². The van der Waals surface area contributed by atoms with Crippen molar-refractivity contribution in [3.63, 3.8) is 0 Å². The molecule has 4 nitrogen and oxygen atoms in total. The minimum atomic E-state index is 0.506. The fourth-order valence-corrected chi connectivity index (χ4v) is 2.52. The minimum Gasteiger partial charge on any atom is -0.276 e. The van der Waals surface area contributed by atoms with E-state index in [2.05, 4.69) is 52.6 Å². The summed E-state index contributed by atoms with van der Waals surface area (Å²) in [5.74, 6) is 0.506. The van der Waals surface area contributed by atoms with Crippen LogP contribution in [0.2, 0.25) is 0 Å². The van der Waals surface area contributed by atoms with Crippen LogP contribution in [0.15, 0.2) is 103 Å². The summed E-state index contributed by atoms with van der Waals surface area (Å²) < 4.78 is 2.01. The number of rotatable bonds is 4. The molecule has 1 N–H and O–H groups in total. The zero-order chi connectivity index (χ0) is 17.5. The van der Waals surface area contributed by atoms with Crippen LogP contribution in [-0.4, -0.2) is 5.84 Å². The molecule has 25 heavy (non-hydrogen) atoms. The maximum absolute atomic E-state index is 4.41. The number of hydrazone groups is 1. The Balaban J connectivity index is 1.85. The largest absolute Gasteiger partial charge is 0.276 e. The van der Waals surface area contributed by atoms with E-state index < -0.39 is 0 Å². The third-order valence-electron chi connectivity index (χ3n) is 3.25. The molecule has 0 aliphatic carbocycles. The summed E-state index contributed by atoms with van der Waals surface area (Å²) in [6.45, 7) is 0. The second-order valence-electron chi connectivity index (χ2n) is 5.10. The molecule has 0 fully saturated rings. The van der Waals surface area contributed by atoms with Crippen molar-refractivity contribution in [2.75, 3.05) is 5.43 Å². The number of hydrogen-bond acceptors (Lipinski definition) is 3. The molecule has 0 atom stereocenters. The van der Waals surface area contributed by atoms with Gasteiger partial charge in [-0.25, -0.2) is 0 Å². The number of anilines is 1. The molecule has 0 saturated heterocycles. The zero-order valence-corrected chi connectivity index (χ0v) is 16.3. The van der Waals surface area contributed by atoms with Gasteiger partial charge in [0.05, 0.1) is 11.4 Å². The molecular formula is C19H14Br2N4. The van der Waals surface area contributed by atoms with Gasteiger partial charge in [-0.3, -0.25) is 5.43 Å². The van der Waals surface area contributed by atoms with E-state index in [1.165, 1.54) is 0 Å². The fraction of sp³-hybridized carbons (Fsp3) is 0. The number of nitrogens with zero attached hydrogens (tertiary/aromatic N) is 3. The minimum absolute atomic E-state index is 0.506. The van der Waals surface area contributed by atoms with Gasteiger partial charge in [0.25, 0.3) is 0 Å². The molecule has 0 aromatic heterocycles. The Morgan fingerprint density at radius 1 is 0.720 bits per heavy atom. The van der Waals surface area contributed by atoms with Gasteiger partial charge in [-0.2, -0.15) is 5.10 Å². The molecule has 6 heteroatoms. The van der Waals surface area contributed by atoms with E-state index in [4.69, 9.17) is 0 Å². The normalized spacial score (nSPS) is 11.7. The summed E-state index contributed by atoms with van der Waals surface area (Å²) in [6, 6.07) is 25.1. The maximum atomic E-state index is 4.41. The quantitative estimate of drug-likeness (QED) is 0.200. The Bertz CT molecular complexity index is 874. The van der Waals surface area contributed by atoms with Crippen molar-refractivity contribution in [2.45, 2.75) is 0 Å². The lowest BCUT2D eigenvalue weighted by atomic mass is 10.2. The topological polar surface area (TPSA) is 49.1 Å². The number of hydrogen-bond donors (Lipinski definition) is 1. The van der Waals surface area contributed by atoms with Crippen LogP contribution in [0, 0.1) is 0 Å². The van der Waals surface area contributed by atoms with Crippen LogP contribution in [0.25, 0.3) is 0 Å². The predicted molar refractivity (Wildman–Crippen MR) is 109 cm³/mol. The van der Waals surface area contributed by atoms with E-state index in [-0.39, 0.29) is 0 Å². The van der Waals surface area contributed by atoms with Crippen LogP contribution in [-0.2, 0) is 0 Å². The first-order valence-electron chi connectivity index (χ1n) is 7.53. The van der Waals surface area contributed by atoms with Crippen LogP contribution in [0.1, 0.15) is 5.56 Å². The molecular weight excluding hydrogens is 444 g/mol. The molecule has 0 spiro atoms. The summed E-state index contributed by atoms with van der Waals surface area (Å²) in [5, 5.41) is 13.0. The summed E-state index contributed by atoms with van der Waals surface area (Å²) in [5.41, 5.74) is 5.53. The smallest absolute Gasteiger partial charge is 0.201 e. The lowest BCUT2D eigenvalue weighted by Crippen LogP contribution is -2.00. The molecule has 0 saturated carbocycles. The molecule has 3 aromatic carbocycles. The molecule has 0 radical (unpaired) electrons. The van der Waals surface area contributed by atoms with Gasteiger partial charge >= 0.3 is 0 Å². The third-order valence-corrected chi connectivity index (χ3v) is 4.31. The van der Waals surface area contributed by atoms with E-state index >= 15 is 0 Å². The van der Waals surface area contributed by atoms with Gasteiger partial charge in [-0.1, -0.05) is 62.2 Å². The lowest BCUT2D eigenvalue weighted by Gasteiger charge is -2.03. The molecule has 0 aliphatic heterocycles. The van der Waals surface area contributed by atoms with Crippen LogP contribution in [0.5, 0.6) is 0 Å². The van der Waals surface area contributed by atoms with Crippen molar-refractivity contribution in [3.05, 3.63) is 93.4 Å². The van der Waals surface area contributed by atoms with Crippen molar-refractivity contribution in [3.8, 4) is 0 Å². The highest BCUT2D eigenvalue weighted by Gasteiger charge is 2.02. The van der Waals surface area contributed by atoms with E-state index in [1.54, 1.807) is 0 Å². The predicted octanol–water partition coefficient (Wildman–Crippen LogP) is 6.77. The highest BCUT2D eigenvalue weighted by molar-refractivity contribution is 9.10. The van der Waals surface area contributed by atoms with Gasteiger partial charge in [-0.05, 0) is 48.5 Å². The van der Waals surface area contributed by atoms with Gasteiger partial charge in [0.15, 0.2) is 0 Å². The van der Waals surface area contributed by atoms with E-state index in [9.17, 15) is 0 Å². The van der Waals surface area contributed by atoms with Gasteiger partial charge < -0.3 is 0 Å². The summed E-state index contributed by atoms with van der Waals surface area (Å²) in [6.07, 6.45) is 0. The molecule has 3 rings (SSSR count). The zero-order valence-electron chi connectivity index (χ0n) is 13.1. The second-order valence-corrected chi connectivity index (χ2v) is 6.93. The van der Waals surface area contributed by atoms with Crippen LogP contribution < -0.4 is 5.43 Å². The molecule has 0 aliphatic rings. The van der Waals surface area contributed by atoms with Crippen LogP contribution >= 0.6 is 31.9 Å². The Morgan fingerprint density at radius 3 is 1.96 bits per heavy atom. The Labute approximate surface area is 163 Å². The Morgan fingerprint density at radius 2 is 1.32 bits per heavy atom. The average molecular weight is 458 g/mol. The van der Waals surface area contributed by atoms with Gasteiger partial charge in [0.1, 0.15) is 0 Å². The van der Waals surface area contributed by atoms with Crippen molar-refractivity contribution in [1.82, 2.24) is 0 Å². The van der Waals surface area contributed by atoms with Crippen molar-refractivity contribution >= 4 is 49.1 Å². The first kappa shape index (κ1) is 17.5. The number of nitrogens with one attached hydrogen (secondary N) is 1. The highest BCUT2D eigenvalue weighted by atomic mass is 79.9. The van der Waals surface area contributed by atoms with E-state index in [0.29, 0.717) is 5.84 Å².